The second-order valence-electron chi connectivity index (χ2n) is 6.49. The maximum atomic E-state index is 11.9. The molecule has 1 atom stereocenters. The first-order valence-electron chi connectivity index (χ1n) is 8.46. The number of fused-ring (bicyclic) bond motifs is 1. The number of aryl methyl sites for hydroxylation is 1. The van der Waals surface area contributed by atoms with Crippen molar-refractivity contribution < 1.29 is 0 Å². The van der Waals surface area contributed by atoms with Gasteiger partial charge in [-0.05, 0) is 43.1 Å². The van der Waals surface area contributed by atoms with Crippen molar-refractivity contribution in [1.82, 2.24) is 14.5 Å². The Morgan fingerprint density at radius 3 is 2.96 bits per heavy atom. The van der Waals surface area contributed by atoms with Gasteiger partial charge in [0.1, 0.15) is 5.01 Å². The summed E-state index contributed by atoms with van der Waals surface area (Å²) in [7, 11) is 1.79. The fourth-order valence-corrected chi connectivity index (χ4v) is 4.55. The fraction of sp³-hybridized carbons (Fsp3) is 0.368. The Labute approximate surface area is 145 Å². The largest absolute Gasteiger partial charge is 0.319 e. The van der Waals surface area contributed by atoms with Crippen LogP contribution in [0.15, 0.2) is 47.4 Å². The summed E-state index contributed by atoms with van der Waals surface area (Å²) in [6, 6.07) is 12.5. The van der Waals surface area contributed by atoms with E-state index in [1.807, 2.05) is 18.3 Å². The molecule has 0 unspecified atom stereocenters. The van der Waals surface area contributed by atoms with Crippen LogP contribution in [-0.4, -0.2) is 21.0 Å². The molecular formula is C19H21N3OS. The molecule has 4 rings (SSSR count). The lowest BCUT2D eigenvalue weighted by Crippen LogP contribution is -2.33. The van der Waals surface area contributed by atoms with Gasteiger partial charge in [-0.1, -0.05) is 18.6 Å². The molecule has 0 aliphatic carbocycles. The van der Waals surface area contributed by atoms with E-state index in [2.05, 4.69) is 23.1 Å². The van der Waals surface area contributed by atoms with E-state index in [1.165, 1.54) is 22.5 Å². The summed E-state index contributed by atoms with van der Waals surface area (Å²) in [5, 5.41) is 1.21. The molecule has 124 valence electrons. The van der Waals surface area contributed by atoms with E-state index >= 15 is 0 Å². The summed E-state index contributed by atoms with van der Waals surface area (Å²) in [5.41, 5.74) is 2.24. The smallest absolute Gasteiger partial charge is 0.250 e. The number of nitrogens with zero attached hydrogens (tertiary/aromatic N) is 3. The number of pyridine rings is 1. The van der Waals surface area contributed by atoms with Crippen molar-refractivity contribution >= 4 is 21.6 Å². The van der Waals surface area contributed by atoms with Gasteiger partial charge in [-0.3, -0.25) is 9.69 Å². The quantitative estimate of drug-likeness (QED) is 0.730. The number of para-hydroxylation sites is 1. The van der Waals surface area contributed by atoms with Crippen molar-refractivity contribution in [3.8, 4) is 0 Å². The van der Waals surface area contributed by atoms with Crippen LogP contribution in [0.1, 0.15) is 35.9 Å². The van der Waals surface area contributed by atoms with Crippen molar-refractivity contribution in [2.45, 2.75) is 31.8 Å². The molecule has 1 aromatic carbocycles. The van der Waals surface area contributed by atoms with Crippen molar-refractivity contribution in [2.24, 2.45) is 7.05 Å². The number of benzene rings is 1. The first-order valence-corrected chi connectivity index (χ1v) is 9.27. The van der Waals surface area contributed by atoms with E-state index in [0.29, 0.717) is 6.04 Å². The SMILES string of the molecule is Cn1ccc(CN2CCCC[C@@H]2c2nc3ccccc3s2)cc1=O. The summed E-state index contributed by atoms with van der Waals surface area (Å²) in [6.07, 6.45) is 5.46. The average Bonchev–Trinajstić information content (AvgIpc) is 3.02. The van der Waals surface area contributed by atoms with Crippen molar-refractivity contribution in [3.63, 3.8) is 0 Å². The number of aromatic nitrogens is 2. The number of hydrogen-bond donors (Lipinski definition) is 0. The second kappa shape index (κ2) is 6.49. The lowest BCUT2D eigenvalue weighted by molar-refractivity contribution is 0.140. The fourth-order valence-electron chi connectivity index (χ4n) is 3.41. The minimum absolute atomic E-state index is 0.0565. The van der Waals surface area contributed by atoms with Gasteiger partial charge in [-0.2, -0.15) is 0 Å². The van der Waals surface area contributed by atoms with Crippen LogP contribution in [0, 0.1) is 0 Å². The molecule has 1 saturated heterocycles. The number of piperidine rings is 1. The number of thiazole rings is 1. The van der Waals surface area contributed by atoms with Gasteiger partial charge in [0.15, 0.2) is 0 Å². The molecule has 4 nitrogen and oxygen atoms in total. The average molecular weight is 339 g/mol. The van der Waals surface area contributed by atoms with E-state index in [4.69, 9.17) is 4.98 Å². The summed E-state index contributed by atoms with van der Waals surface area (Å²) in [5.74, 6) is 0. The first kappa shape index (κ1) is 15.5. The molecule has 5 heteroatoms. The Morgan fingerprint density at radius 2 is 2.12 bits per heavy atom. The van der Waals surface area contributed by atoms with Gasteiger partial charge in [0, 0.05) is 25.9 Å². The van der Waals surface area contributed by atoms with Crippen LogP contribution in [0.5, 0.6) is 0 Å². The Kier molecular flexibility index (Phi) is 4.21. The van der Waals surface area contributed by atoms with E-state index < -0.39 is 0 Å². The van der Waals surface area contributed by atoms with Crippen molar-refractivity contribution in [3.05, 3.63) is 63.5 Å². The standard InChI is InChI=1S/C19H21N3OS/c1-21-11-9-14(12-18(21)23)13-22-10-5-4-7-16(22)19-20-15-6-2-3-8-17(15)24-19/h2-3,6,8-9,11-12,16H,4-5,7,10,13H2,1H3/t16-/m1/s1. The van der Waals surface area contributed by atoms with Crippen LogP contribution >= 0.6 is 11.3 Å². The topological polar surface area (TPSA) is 38.1 Å². The summed E-state index contributed by atoms with van der Waals surface area (Å²) >= 11 is 1.81. The lowest BCUT2D eigenvalue weighted by Gasteiger charge is -2.34. The van der Waals surface area contributed by atoms with Gasteiger partial charge in [-0.25, -0.2) is 4.98 Å². The molecular weight excluding hydrogens is 318 g/mol. The number of rotatable bonds is 3. The van der Waals surface area contributed by atoms with Gasteiger partial charge in [-0.15, -0.1) is 11.3 Å². The monoisotopic (exact) mass is 339 g/mol. The molecule has 3 aromatic rings. The van der Waals surface area contributed by atoms with Gasteiger partial charge < -0.3 is 4.57 Å². The van der Waals surface area contributed by atoms with Gasteiger partial charge in [0.05, 0.1) is 16.3 Å². The van der Waals surface area contributed by atoms with Crippen LogP contribution in [0.4, 0.5) is 0 Å². The Hall–Kier alpha value is -1.98. The molecule has 3 heterocycles. The third kappa shape index (κ3) is 3.01. The van der Waals surface area contributed by atoms with Crippen LogP contribution in [-0.2, 0) is 13.6 Å². The first-order chi connectivity index (χ1) is 11.7. The summed E-state index contributed by atoms with van der Waals surface area (Å²) < 4.78 is 2.87. The molecule has 0 saturated carbocycles. The van der Waals surface area contributed by atoms with Gasteiger partial charge >= 0.3 is 0 Å². The zero-order valence-electron chi connectivity index (χ0n) is 13.8. The molecule has 24 heavy (non-hydrogen) atoms. The van der Waals surface area contributed by atoms with Crippen LogP contribution < -0.4 is 5.56 Å². The minimum atomic E-state index is 0.0565. The molecule has 1 aliphatic rings. The zero-order valence-corrected chi connectivity index (χ0v) is 14.6. The number of likely N-dealkylation sites (tertiary alicyclic amines) is 1. The van der Waals surface area contributed by atoms with Gasteiger partial charge in [0.2, 0.25) is 0 Å². The van der Waals surface area contributed by atoms with Crippen molar-refractivity contribution in [2.75, 3.05) is 6.54 Å². The van der Waals surface area contributed by atoms with Crippen LogP contribution in [0.3, 0.4) is 0 Å². The van der Waals surface area contributed by atoms with Crippen LogP contribution in [0.25, 0.3) is 10.2 Å². The molecule has 1 fully saturated rings. The molecule has 0 spiro atoms. The molecule has 1 aliphatic heterocycles. The molecule has 0 amide bonds. The van der Waals surface area contributed by atoms with E-state index in [9.17, 15) is 4.79 Å². The zero-order chi connectivity index (χ0) is 16.5. The number of hydrogen-bond acceptors (Lipinski definition) is 4. The highest BCUT2D eigenvalue weighted by atomic mass is 32.1. The highest BCUT2D eigenvalue weighted by Gasteiger charge is 2.26. The highest BCUT2D eigenvalue weighted by Crippen LogP contribution is 2.36. The van der Waals surface area contributed by atoms with Gasteiger partial charge in [0.25, 0.3) is 5.56 Å². The van der Waals surface area contributed by atoms with Crippen molar-refractivity contribution in [1.29, 1.82) is 0 Å². The lowest BCUT2D eigenvalue weighted by atomic mass is 10.0. The Balaban J connectivity index is 1.62. The molecule has 0 N–H and O–H groups in total. The van der Waals surface area contributed by atoms with E-state index in [1.54, 1.807) is 29.0 Å². The molecule has 0 bridgehead atoms. The minimum Gasteiger partial charge on any atom is -0.319 e. The maximum absolute atomic E-state index is 11.9. The third-order valence-electron chi connectivity index (χ3n) is 4.76. The molecule has 0 radical (unpaired) electrons. The predicted octanol–water partition coefficient (Wildman–Crippen LogP) is 3.72. The normalized spacial score (nSPS) is 19.0. The third-order valence-corrected chi connectivity index (χ3v) is 5.90. The summed E-state index contributed by atoms with van der Waals surface area (Å²) in [6.45, 7) is 1.88. The predicted molar refractivity (Wildman–Crippen MR) is 98.3 cm³/mol. The highest BCUT2D eigenvalue weighted by molar-refractivity contribution is 7.18. The van der Waals surface area contributed by atoms with E-state index in [-0.39, 0.29) is 5.56 Å². The Bertz CT molecular complexity index is 881. The summed E-state index contributed by atoms with van der Waals surface area (Å²) in [4.78, 5) is 19.2. The molecule has 2 aromatic heterocycles. The van der Waals surface area contributed by atoms with Crippen LogP contribution in [0.2, 0.25) is 0 Å². The van der Waals surface area contributed by atoms with E-state index in [0.717, 1.165) is 30.6 Å². The Morgan fingerprint density at radius 1 is 1.25 bits per heavy atom. The second-order valence-corrected chi connectivity index (χ2v) is 7.55. The maximum Gasteiger partial charge on any atom is 0.250 e.